The average Bonchev–Trinajstić information content (AvgIpc) is 2.82. The van der Waals surface area contributed by atoms with Gasteiger partial charge in [0.2, 0.25) is 0 Å². The van der Waals surface area contributed by atoms with Crippen LogP contribution in [0, 0.1) is 0 Å². The van der Waals surface area contributed by atoms with Gasteiger partial charge in [0.15, 0.2) is 0 Å². The van der Waals surface area contributed by atoms with Gasteiger partial charge >= 0.3 is 12.0 Å². The molecule has 0 aromatic rings. The Morgan fingerprint density at radius 1 is 1.22 bits per heavy atom. The Labute approximate surface area is 135 Å². The van der Waals surface area contributed by atoms with E-state index in [1.54, 1.807) is 0 Å². The summed E-state index contributed by atoms with van der Waals surface area (Å²) in [5.74, 6) is -0.861. The van der Waals surface area contributed by atoms with Gasteiger partial charge in [0, 0.05) is 32.4 Å². The number of hydroxylamine groups is 2. The van der Waals surface area contributed by atoms with E-state index in [2.05, 4.69) is 10.6 Å². The fraction of sp³-hybridized carbons (Fsp3) is 0.733. The second-order valence-electron chi connectivity index (χ2n) is 5.67. The highest BCUT2D eigenvalue weighted by atomic mass is 16.7. The molecule has 8 nitrogen and oxygen atoms in total. The number of urea groups is 1. The van der Waals surface area contributed by atoms with E-state index in [1.165, 1.54) is 7.05 Å². The molecule has 0 aromatic heterocycles. The summed E-state index contributed by atoms with van der Waals surface area (Å²) in [4.78, 5) is 49.3. The second-order valence-corrected chi connectivity index (χ2v) is 5.67. The number of rotatable bonds is 9. The second kappa shape index (κ2) is 9.81. The molecule has 3 amide bonds. The first kappa shape index (κ1) is 18.9. The van der Waals surface area contributed by atoms with E-state index in [0.29, 0.717) is 12.7 Å². The summed E-state index contributed by atoms with van der Waals surface area (Å²) < 4.78 is 0. The Morgan fingerprint density at radius 3 is 2.57 bits per heavy atom. The average molecular weight is 327 g/mol. The number of hydrogen-bond acceptors (Lipinski definition) is 5. The number of amides is 3. The number of unbranched alkanes of at least 4 members (excludes halogenated alkanes) is 2. The van der Waals surface area contributed by atoms with Crippen molar-refractivity contribution in [1.82, 2.24) is 15.7 Å². The van der Waals surface area contributed by atoms with Crippen molar-refractivity contribution in [2.75, 3.05) is 7.05 Å². The lowest BCUT2D eigenvalue weighted by Gasteiger charge is -2.16. The molecule has 1 aliphatic rings. The molecule has 1 fully saturated rings. The molecule has 0 bridgehead atoms. The van der Waals surface area contributed by atoms with Crippen molar-refractivity contribution in [2.24, 2.45) is 0 Å². The Balaban J connectivity index is 2.08. The molecule has 0 aliphatic carbocycles. The van der Waals surface area contributed by atoms with E-state index in [9.17, 15) is 19.2 Å². The first-order valence-corrected chi connectivity index (χ1v) is 7.92. The van der Waals surface area contributed by atoms with Crippen molar-refractivity contribution in [3.05, 3.63) is 0 Å². The first-order valence-electron chi connectivity index (χ1n) is 7.92. The van der Waals surface area contributed by atoms with Gasteiger partial charge in [0.05, 0.1) is 6.04 Å². The minimum Gasteiger partial charge on any atom is -0.338 e. The van der Waals surface area contributed by atoms with Crippen molar-refractivity contribution in [2.45, 2.75) is 64.0 Å². The molecule has 2 atom stereocenters. The molecular formula is C15H25N3O5. The standard InChI is InChI=1S/C15H25N3O5/c1-11-12(17-15(22)16-11)7-4-3-5-9-14(21)23-18(2)13(20)8-6-10-19/h10-12H,3-9H2,1-2H3,(H2,16,17,22). The molecule has 0 aromatic carbocycles. The van der Waals surface area contributed by atoms with E-state index in [1.807, 2.05) is 6.92 Å². The number of carbonyl (C=O) groups is 4. The third-order valence-corrected chi connectivity index (χ3v) is 3.74. The normalized spacial score (nSPS) is 19.7. The van der Waals surface area contributed by atoms with Crippen molar-refractivity contribution in [3.63, 3.8) is 0 Å². The van der Waals surface area contributed by atoms with Gasteiger partial charge in [0.1, 0.15) is 6.29 Å². The van der Waals surface area contributed by atoms with Crippen LogP contribution in [0.2, 0.25) is 0 Å². The molecule has 130 valence electrons. The van der Waals surface area contributed by atoms with Crippen LogP contribution in [0.3, 0.4) is 0 Å². The molecule has 2 unspecified atom stereocenters. The van der Waals surface area contributed by atoms with Crippen LogP contribution in [0.4, 0.5) is 4.79 Å². The summed E-state index contributed by atoms with van der Waals surface area (Å²) in [6.07, 6.45) is 4.30. The van der Waals surface area contributed by atoms with Crippen molar-refractivity contribution in [3.8, 4) is 0 Å². The number of hydrogen-bond donors (Lipinski definition) is 2. The Morgan fingerprint density at radius 2 is 1.96 bits per heavy atom. The minimum absolute atomic E-state index is 0.0343. The van der Waals surface area contributed by atoms with Gasteiger partial charge in [-0.15, -0.1) is 0 Å². The maximum absolute atomic E-state index is 11.6. The van der Waals surface area contributed by atoms with Crippen molar-refractivity contribution >= 4 is 24.2 Å². The Hall–Kier alpha value is -2.12. The molecule has 8 heteroatoms. The monoisotopic (exact) mass is 327 g/mol. The highest BCUT2D eigenvalue weighted by Crippen LogP contribution is 2.12. The third-order valence-electron chi connectivity index (χ3n) is 3.74. The maximum Gasteiger partial charge on any atom is 0.332 e. The molecule has 0 saturated carbocycles. The molecule has 23 heavy (non-hydrogen) atoms. The Kier molecular flexibility index (Phi) is 8.07. The van der Waals surface area contributed by atoms with E-state index >= 15 is 0 Å². The van der Waals surface area contributed by atoms with Gasteiger partial charge < -0.3 is 20.3 Å². The Bertz CT molecular complexity index is 441. The van der Waals surface area contributed by atoms with Crippen LogP contribution in [0.25, 0.3) is 0 Å². The van der Waals surface area contributed by atoms with Crippen LogP contribution < -0.4 is 10.6 Å². The maximum atomic E-state index is 11.6. The van der Waals surface area contributed by atoms with Gasteiger partial charge in [0.25, 0.3) is 5.91 Å². The van der Waals surface area contributed by atoms with Gasteiger partial charge in [-0.3, -0.25) is 4.79 Å². The highest BCUT2D eigenvalue weighted by molar-refractivity contribution is 5.79. The zero-order valence-corrected chi connectivity index (χ0v) is 13.7. The van der Waals surface area contributed by atoms with Crippen LogP contribution in [-0.2, 0) is 19.2 Å². The molecular weight excluding hydrogens is 302 g/mol. The third kappa shape index (κ3) is 7.12. The summed E-state index contributed by atoms with van der Waals surface area (Å²) in [6, 6.07) is 0.128. The minimum atomic E-state index is -0.462. The highest BCUT2D eigenvalue weighted by Gasteiger charge is 2.26. The molecule has 0 radical (unpaired) electrons. The molecule has 1 rings (SSSR count). The van der Waals surface area contributed by atoms with Crippen molar-refractivity contribution in [1.29, 1.82) is 0 Å². The quantitative estimate of drug-likeness (QED) is 0.372. The lowest BCUT2D eigenvalue weighted by atomic mass is 10.0. The summed E-state index contributed by atoms with van der Waals surface area (Å²) in [7, 11) is 1.36. The largest absolute Gasteiger partial charge is 0.338 e. The van der Waals surface area contributed by atoms with Crippen LogP contribution >= 0.6 is 0 Å². The predicted molar refractivity (Wildman–Crippen MR) is 82.2 cm³/mol. The molecule has 1 heterocycles. The van der Waals surface area contributed by atoms with Crippen LogP contribution in [-0.4, -0.2) is 48.4 Å². The number of carbonyl (C=O) groups excluding carboxylic acids is 4. The lowest BCUT2D eigenvalue weighted by Crippen LogP contribution is -2.30. The summed E-state index contributed by atoms with van der Waals surface area (Å²) in [6.45, 7) is 1.96. The predicted octanol–water partition coefficient (Wildman–Crippen LogP) is 0.902. The van der Waals surface area contributed by atoms with Crippen molar-refractivity contribution < 1.29 is 24.0 Å². The van der Waals surface area contributed by atoms with Gasteiger partial charge in [-0.1, -0.05) is 12.8 Å². The fourth-order valence-electron chi connectivity index (χ4n) is 2.36. The van der Waals surface area contributed by atoms with E-state index < -0.39 is 11.9 Å². The van der Waals surface area contributed by atoms with Crippen LogP contribution in [0.5, 0.6) is 0 Å². The van der Waals surface area contributed by atoms with Gasteiger partial charge in [-0.05, 0) is 19.8 Å². The lowest BCUT2D eigenvalue weighted by molar-refractivity contribution is -0.192. The summed E-state index contributed by atoms with van der Waals surface area (Å²) in [5, 5.41) is 6.52. The SMILES string of the molecule is CC1NC(=O)NC1CCCCCC(=O)ON(C)C(=O)CCC=O. The van der Waals surface area contributed by atoms with Gasteiger partial charge in [-0.2, -0.15) is 5.06 Å². The van der Waals surface area contributed by atoms with E-state index in [4.69, 9.17) is 4.84 Å². The zero-order valence-electron chi connectivity index (χ0n) is 13.7. The topological polar surface area (TPSA) is 105 Å². The van der Waals surface area contributed by atoms with Crippen LogP contribution in [0.15, 0.2) is 0 Å². The summed E-state index contributed by atoms with van der Waals surface area (Å²) >= 11 is 0. The smallest absolute Gasteiger partial charge is 0.332 e. The van der Waals surface area contributed by atoms with Gasteiger partial charge in [-0.25, -0.2) is 9.59 Å². The first-order chi connectivity index (χ1) is 10.9. The van der Waals surface area contributed by atoms with E-state index in [0.717, 1.165) is 24.3 Å². The molecule has 0 spiro atoms. The number of nitrogens with one attached hydrogen (secondary N) is 2. The van der Waals surface area contributed by atoms with E-state index in [-0.39, 0.29) is 37.4 Å². The van der Waals surface area contributed by atoms with Crippen LogP contribution in [0.1, 0.15) is 51.9 Å². The number of nitrogens with zero attached hydrogens (tertiary/aromatic N) is 1. The number of aldehydes is 1. The zero-order chi connectivity index (χ0) is 17.2. The summed E-state index contributed by atoms with van der Waals surface area (Å²) in [5.41, 5.74) is 0. The molecule has 1 aliphatic heterocycles. The molecule has 2 N–H and O–H groups in total. The molecule has 1 saturated heterocycles. The fourth-order valence-corrected chi connectivity index (χ4v) is 2.36.